The molecule has 0 amide bonds. The second-order valence-electron chi connectivity index (χ2n) is 7.92. The zero-order chi connectivity index (χ0) is 19.5. The Labute approximate surface area is 166 Å². The summed E-state index contributed by atoms with van der Waals surface area (Å²) in [5.41, 5.74) is 11.6. The van der Waals surface area contributed by atoms with E-state index in [9.17, 15) is 0 Å². The Hall–Kier alpha value is -2.51. The van der Waals surface area contributed by atoms with Crippen LogP contribution in [0.1, 0.15) is 35.2 Å². The van der Waals surface area contributed by atoms with Gasteiger partial charge in [-0.15, -0.1) is 5.10 Å². The van der Waals surface area contributed by atoms with Crippen LogP contribution in [0.3, 0.4) is 0 Å². The summed E-state index contributed by atoms with van der Waals surface area (Å²) in [4.78, 5) is 2.57. The highest BCUT2D eigenvalue weighted by atomic mass is 15.4. The molecule has 0 aliphatic carbocycles. The monoisotopic (exact) mass is 379 g/mol. The van der Waals surface area contributed by atoms with E-state index >= 15 is 0 Å². The molecule has 7 nitrogen and oxygen atoms in total. The molecule has 1 fully saturated rings. The zero-order valence-electron chi connectivity index (χ0n) is 16.8. The second kappa shape index (κ2) is 8.24. The Morgan fingerprint density at radius 3 is 2.89 bits per heavy atom. The molecule has 0 saturated carbocycles. The van der Waals surface area contributed by atoms with E-state index in [4.69, 9.17) is 5.73 Å². The van der Waals surface area contributed by atoms with Crippen molar-refractivity contribution in [1.82, 2.24) is 29.7 Å². The van der Waals surface area contributed by atoms with E-state index in [1.807, 2.05) is 34.0 Å². The van der Waals surface area contributed by atoms with Gasteiger partial charge in [0.2, 0.25) is 0 Å². The maximum atomic E-state index is 5.65. The van der Waals surface area contributed by atoms with Crippen LogP contribution in [-0.2, 0) is 19.6 Å². The van der Waals surface area contributed by atoms with Crippen molar-refractivity contribution in [1.29, 1.82) is 0 Å². The SMILES string of the molecule is Cc1cc(C)c(-n2cccn2)c(CN2CCC[C@H](Cn3cc(CN)nn3)C2)c1. The van der Waals surface area contributed by atoms with Gasteiger partial charge in [0, 0.05) is 44.8 Å². The maximum absolute atomic E-state index is 5.65. The van der Waals surface area contributed by atoms with Crippen molar-refractivity contribution in [3.63, 3.8) is 0 Å². The van der Waals surface area contributed by atoms with Crippen LogP contribution in [0.2, 0.25) is 0 Å². The number of hydrogen-bond donors (Lipinski definition) is 1. The zero-order valence-corrected chi connectivity index (χ0v) is 16.8. The number of nitrogens with zero attached hydrogens (tertiary/aromatic N) is 6. The fraction of sp³-hybridized carbons (Fsp3) is 0.476. The molecule has 0 bridgehead atoms. The lowest BCUT2D eigenvalue weighted by Gasteiger charge is -2.33. The first-order valence-corrected chi connectivity index (χ1v) is 10.0. The molecule has 148 valence electrons. The van der Waals surface area contributed by atoms with Crippen molar-refractivity contribution in [3.8, 4) is 5.69 Å². The van der Waals surface area contributed by atoms with Crippen molar-refractivity contribution in [2.24, 2.45) is 11.7 Å². The van der Waals surface area contributed by atoms with Gasteiger partial charge in [0.05, 0.1) is 11.4 Å². The molecule has 1 aliphatic rings. The van der Waals surface area contributed by atoms with E-state index in [0.29, 0.717) is 12.5 Å². The Morgan fingerprint density at radius 1 is 1.25 bits per heavy atom. The van der Waals surface area contributed by atoms with Gasteiger partial charge in [0.1, 0.15) is 0 Å². The molecule has 3 heterocycles. The lowest BCUT2D eigenvalue weighted by Crippen LogP contribution is -2.37. The Bertz CT molecular complexity index is 913. The molecule has 28 heavy (non-hydrogen) atoms. The number of nitrogens with two attached hydrogens (primary N) is 1. The number of piperidine rings is 1. The highest BCUT2D eigenvalue weighted by Crippen LogP contribution is 2.25. The molecule has 1 aliphatic heterocycles. The molecular formula is C21H29N7. The van der Waals surface area contributed by atoms with Crippen LogP contribution in [0.5, 0.6) is 0 Å². The lowest BCUT2D eigenvalue weighted by molar-refractivity contribution is 0.152. The van der Waals surface area contributed by atoms with E-state index in [1.54, 1.807) is 0 Å². The molecule has 2 N–H and O–H groups in total. The van der Waals surface area contributed by atoms with Crippen LogP contribution >= 0.6 is 0 Å². The van der Waals surface area contributed by atoms with Crippen molar-refractivity contribution < 1.29 is 0 Å². The summed E-state index contributed by atoms with van der Waals surface area (Å²) < 4.78 is 3.94. The molecule has 4 rings (SSSR count). The predicted octanol–water partition coefficient (Wildman–Crippen LogP) is 2.45. The second-order valence-corrected chi connectivity index (χ2v) is 7.92. The highest BCUT2D eigenvalue weighted by molar-refractivity contribution is 5.49. The first-order chi connectivity index (χ1) is 13.6. The van der Waals surface area contributed by atoms with E-state index in [0.717, 1.165) is 31.9 Å². The first-order valence-electron chi connectivity index (χ1n) is 10.0. The average molecular weight is 380 g/mol. The minimum absolute atomic E-state index is 0.444. The Balaban J connectivity index is 1.49. The molecular weight excluding hydrogens is 350 g/mol. The van der Waals surface area contributed by atoms with Gasteiger partial charge >= 0.3 is 0 Å². The molecule has 3 aromatic rings. The van der Waals surface area contributed by atoms with Gasteiger partial charge in [-0.05, 0) is 56.3 Å². The van der Waals surface area contributed by atoms with E-state index in [2.05, 4.69) is 46.3 Å². The highest BCUT2D eigenvalue weighted by Gasteiger charge is 2.22. The summed E-state index contributed by atoms with van der Waals surface area (Å²) in [7, 11) is 0. The predicted molar refractivity (Wildman–Crippen MR) is 109 cm³/mol. The van der Waals surface area contributed by atoms with Gasteiger partial charge < -0.3 is 5.73 Å². The Kier molecular flexibility index (Phi) is 5.54. The van der Waals surface area contributed by atoms with Crippen LogP contribution < -0.4 is 5.73 Å². The molecule has 0 radical (unpaired) electrons. The third-order valence-electron chi connectivity index (χ3n) is 5.49. The summed E-state index contributed by atoms with van der Waals surface area (Å²) in [5.74, 6) is 0.583. The van der Waals surface area contributed by atoms with Crippen LogP contribution in [0.4, 0.5) is 0 Å². The molecule has 1 atom stereocenters. The quantitative estimate of drug-likeness (QED) is 0.712. The minimum atomic E-state index is 0.444. The van der Waals surface area contributed by atoms with Crippen LogP contribution in [0.15, 0.2) is 36.8 Å². The number of likely N-dealkylation sites (tertiary alicyclic amines) is 1. The normalized spacial score (nSPS) is 17.9. The van der Waals surface area contributed by atoms with E-state index in [-0.39, 0.29) is 0 Å². The number of aromatic nitrogens is 5. The smallest absolute Gasteiger partial charge is 0.0962 e. The number of aryl methyl sites for hydroxylation is 2. The van der Waals surface area contributed by atoms with Gasteiger partial charge in [0.15, 0.2) is 0 Å². The topological polar surface area (TPSA) is 77.8 Å². The van der Waals surface area contributed by atoms with Gasteiger partial charge in [-0.3, -0.25) is 9.58 Å². The third-order valence-corrected chi connectivity index (χ3v) is 5.49. The summed E-state index contributed by atoms with van der Waals surface area (Å²) >= 11 is 0. The summed E-state index contributed by atoms with van der Waals surface area (Å²) in [6, 6.07) is 6.52. The van der Waals surface area contributed by atoms with Gasteiger partial charge in [-0.1, -0.05) is 22.9 Å². The summed E-state index contributed by atoms with van der Waals surface area (Å²) in [5, 5.41) is 12.8. The molecule has 0 unspecified atom stereocenters. The summed E-state index contributed by atoms with van der Waals surface area (Å²) in [6.07, 6.45) is 8.28. The van der Waals surface area contributed by atoms with Crippen molar-refractivity contribution in [2.75, 3.05) is 13.1 Å². The van der Waals surface area contributed by atoms with Crippen LogP contribution in [-0.4, -0.2) is 42.8 Å². The van der Waals surface area contributed by atoms with Crippen LogP contribution in [0, 0.1) is 19.8 Å². The van der Waals surface area contributed by atoms with Crippen molar-refractivity contribution in [2.45, 2.75) is 46.3 Å². The van der Waals surface area contributed by atoms with Gasteiger partial charge in [0.25, 0.3) is 0 Å². The minimum Gasteiger partial charge on any atom is -0.325 e. The van der Waals surface area contributed by atoms with E-state index in [1.165, 1.54) is 35.2 Å². The van der Waals surface area contributed by atoms with Gasteiger partial charge in [-0.2, -0.15) is 5.10 Å². The molecule has 1 saturated heterocycles. The Morgan fingerprint density at radius 2 is 2.14 bits per heavy atom. The largest absolute Gasteiger partial charge is 0.325 e. The van der Waals surface area contributed by atoms with Crippen molar-refractivity contribution >= 4 is 0 Å². The molecule has 0 spiro atoms. The molecule has 7 heteroatoms. The van der Waals surface area contributed by atoms with Gasteiger partial charge in [-0.25, -0.2) is 4.68 Å². The fourth-order valence-electron chi connectivity index (χ4n) is 4.37. The fourth-order valence-corrected chi connectivity index (χ4v) is 4.37. The lowest BCUT2D eigenvalue weighted by atomic mass is 9.96. The third kappa shape index (κ3) is 4.15. The average Bonchev–Trinajstić information content (AvgIpc) is 3.33. The standard InChI is InChI=1S/C21H29N7/c1-16-9-17(2)21(28-8-4-6-23-28)19(10-16)14-26-7-3-5-18(12-26)13-27-15-20(11-22)24-25-27/h4,6,8-10,15,18H,3,5,7,11-14,22H2,1-2H3/t18-/m0/s1. The van der Waals surface area contributed by atoms with Crippen LogP contribution in [0.25, 0.3) is 5.69 Å². The summed E-state index contributed by atoms with van der Waals surface area (Å²) in [6.45, 7) is 8.84. The maximum Gasteiger partial charge on any atom is 0.0962 e. The number of benzene rings is 1. The number of hydrogen-bond acceptors (Lipinski definition) is 5. The number of rotatable bonds is 6. The molecule has 1 aromatic carbocycles. The molecule has 2 aromatic heterocycles. The van der Waals surface area contributed by atoms with E-state index < -0.39 is 0 Å². The van der Waals surface area contributed by atoms with Crippen molar-refractivity contribution in [3.05, 3.63) is 59.2 Å². The first kappa shape index (κ1) is 18.8.